The van der Waals surface area contributed by atoms with Crippen LogP contribution in [-0.2, 0) is 4.74 Å². The van der Waals surface area contributed by atoms with Gasteiger partial charge in [-0.2, -0.15) is 0 Å². The minimum absolute atomic E-state index is 0.0627. The van der Waals surface area contributed by atoms with Gasteiger partial charge in [0.2, 0.25) is 0 Å². The van der Waals surface area contributed by atoms with Gasteiger partial charge in [0.05, 0.1) is 18.8 Å². The molecule has 0 saturated carbocycles. The number of benzene rings is 2. The maximum Gasteiger partial charge on any atom is 0.255 e. The molecule has 0 spiro atoms. The predicted molar refractivity (Wildman–Crippen MR) is 99.6 cm³/mol. The third-order valence-electron chi connectivity index (χ3n) is 5.34. The highest BCUT2D eigenvalue weighted by atomic mass is 16.5. The highest BCUT2D eigenvalue weighted by Gasteiger charge is 2.29. The van der Waals surface area contributed by atoms with Crippen molar-refractivity contribution in [2.24, 2.45) is 5.92 Å². The molecule has 132 valence electrons. The number of anilines is 1. The van der Waals surface area contributed by atoms with Crippen LogP contribution in [0.25, 0.3) is 10.8 Å². The van der Waals surface area contributed by atoms with Crippen LogP contribution < -0.4 is 5.73 Å². The van der Waals surface area contributed by atoms with Crippen LogP contribution >= 0.6 is 0 Å². The van der Waals surface area contributed by atoms with Crippen molar-refractivity contribution in [1.29, 1.82) is 0 Å². The maximum atomic E-state index is 13.0. The third kappa shape index (κ3) is 3.48. The zero-order valence-corrected chi connectivity index (χ0v) is 14.5. The van der Waals surface area contributed by atoms with Crippen molar-refractivity contribution in [3.05, 3.63) is 42.0 Å². The van der Waals surface area contributed by atoms with Gasteiger partial charge in [-0.25, -0.2) is 0 Å². The Balaban J connectivity index is 1.45. The molecule has 0 bridgehead atoms. The first-order valence-electron chi connectivity index (χ1n) is 9.08. The lowest BCUT2D eigenvalue weighted by Crippen LogP contribution is -2.40. The second-order valence-electron chi connectivity index (χ2n) is 7.11. The number of nitrogens with zero attached hydrogens (tertiary/aromatic N) is 2. The van der Waals surface area contributed by atoms with Crippen molar-refractivity contribution in [2.45, 2.75) is 6.42 Å². The molecule has 1 unspecified atom stereocenters. The lowest BCUT2D eigenvalue weighted by Gasteiger charge is -2.29. The van der Waals surface area contributed by atoms with Crippen molar-refractivity contribution in [3.63, 3.8) is 0 Å². The summed E-state index contributed by atoms with van der Waals surface area (Å²) in [7, 11) is 0. The molecular weight excluding hydrogens is 314 g/mol. The number of carbonyl (C=O) groups is 1. The number of amides is 1. The van der Waals surface area contributed by atoms with Gasteiger partial charge >= 0.3 is 0 Å². The van der Waals surface area contributed by atoms with E-state index in [-0.39, 0.29) is 5.91 Å². The van der Waals surface area contributed by atoms with Crippen molar-refractivity contribution in [1.82, 2.24) is 9.80 Å². The average molecular weight is 339 g/mol. The number of hydrogen-bond donors (Lipinski definition) is 1. The van der Waals surface area contributed by atoms with Crippen LogP contribution in [0.2, 0.25) is 0 Å². The van der Waals surface area contributed by atoms with Gasteiger partial charge in [0.1, 0.15) is 0 Å². The number of hydrogen-bond acceptors (Lipinski definition) is 4. The van der Waals surface area contributed by atoms with E-state index in [2.05, 4.69) is 4.90 Å². The standard InChI is InChI=1S/C20H25N3O2/c21-19-12-17-4-2-1-3-16(17)11-18(19)20(24)23-6-5-15(14-23)13-22-7-9-25-10-8-22/h1-4,11-12,15H,5-10,13-14,21H2. The Labute approximate surface area is 148 Å². The van der Waals surface area contributed by atoms with Gasteiger partial charge in [-0.3, -0.25) is 9.69 Å². The summed E-state index contributed by atoms with van der Waals surface area (Å²) in [6, 6.07) is 11.9. The van der Waals surface area contributed by atoms with Crippen LogP contribution in [0.3, 0.4) is 0 Å². The molecule has 5 nitrogen and oxygen atoms in total. The SMILES string of the molecule is Nc1cc2ccccc2cc1C(=O)N1CCC(CN2CCOCC2)C1. The molecule has 0 aromatic heterocycles. The summed E-state index contributed by atoms with van der Waals surface area (Å²) >= 11 is 0. The smallest absolute Gasteiger partial charge is 0.255 e. The van der Waals surface area contributed by atoms with Crippen molar-refractivity contribution in [3.8, 4) is 0 Å². The van der Waals surface area contributed by atoms with E-state index in [0.717, 1.165) is 63.1 Å². The molecule has 5 heteroatoms. The van der Waals surface area contributed by atoms with E-state index in [9.17, 15) is 4.79 Å². The molecule has 0 aliphatic carbocycles. The van der Waals surface area contributed by atoms with Gasteiger partial charge in [0, 0.05) is 38.4 Å². The molecular formula is C20H25N3O2. The van der Waals surface area contributed by atoms with E-state index in [0.29, 0.717) is 17.2 Å². The van der Waals surface area contributed by atoms with Crippen LogP contribution in [0.4, 0.5) is 5.69 Å². The van der Waals surface area contributed by atoms with Crippen molar-refractivity contribution >= 4 is 22.4 Å². The normalized spacial score (nSPS) is 21.8. The Bertz CT molecular complexity index is 771. The van der Waals surface area contributed by atoms with E-state index in [1.807, 2.05) is 41.3 Å². The molecule has 2 saturated heterocycles. The number of fused-ring (bicyclic) bond motifs is 1. The molecule has 2 aliphatic rings. The van der Waals surface area contributed by atoms with E-state index < -0.39 is 0 Å². The molecule has 4 rings (SSSR count). The first kappa shape index (κ1) is 16.4. The second kappa shape index (κ2) is 7.02. The Hall–Kier alpha value is -2.11. The topological polar surface area (TPSA) is 58.8 Å². The molecule has 25 heavy (non-hydrogen) atoms. The van der Waals surface area contributed by atoms with E-state index in [1.165, 1.54) is 0 Å². The first-order valence-corrected chi connectivity index (χ1v) is 9.08. The summed E-state index contributed by atoms with van der Waals surface area (Å²) in [5.74, 6) is 0.608. The Kier molecular flexibility index (Phi) is 4.59. The van der Waals surface area contributed by atoms with Crippen molar-refractivity contribution in [2.75, 3.05) is 51.7 Å². The highest BCUT2D eigenvalue weighted by Crippen LogP contribution is 2.26. The summed E-state index contributed by atoms with van der Waals surface area (Å²) < 4.78 is 5.41. The zero-order valence-electron chi connectivity index (χ0n) is 14.5. The Morgan fingerprint density at radius 3 is 2.60 bits per heavy atom. The van der Waals surface area contributed by atoms with Crippen LogP contribution in [0, 0.1) is 5.92 Å². The fourth-order valence-electron chi connectivity index (χ4n) is 3.93. The summed E-state index contributed by atoms with van der Waals surface area (Å²) in [5, 5.41) is 2.13. The van der Waals surface area contributed by atoms with Crippen LogP contribution in [0.15, 0.2) is 36.4 Å². The van der Waals surface area contributed by atoms with Gasteiger partial charge in [-0.15, -0.1) is 0 Å². The van der Waals surface area contributed by atoms with E-state index in [1.54, 1.807) is 0 Å². The van der Waals surface area contributed by atoms with Gasteiger partial charge in [0.15, 0.2) is 0 Å². The molecule has 1 atom stereocenters. The summed E-state index contributed by atoms with van der Waals surface area (Å²) in [6.07, 6.45) is 1.07. The van der Waals surface area contributed by atoms with Gasteiger partial charge in [-0.05, 0) is 35.2 Å². The number of nitrogens with two attached hydrogens (primary N) is 1. The zero-order chi connectivity index (χ0) is 17.2. The molecule has 2 aromatic carbocycles. The van der Waals surface area contributed by atoms with Crippen LogP contribution in [0.5, 0.6) is 0 Å². The summed E-state index contributed by atoms with van der Waals surface area (Å²) in [5.41, 5.74) is 7.37. The molecule has 2 N–H and O–H groups in total. The number of morpholine rings is 1. The number of ether oxygens (including phenoxy) is 1. The van der Waals surface area contributed by atoms with Gasteiger partial charge in [0.25, 0.3) is 5.91 Å². The molecule has 1 amide bonds. The predicted octanol–water partition coefficient (Wildman–Crippen LogP) is 2.22. The van der Waals surface area contributed by atoms with E-state index in [4.69, 9.17) is 10.5 Å². The largest absolute Gasteiger partial charge is 0.398 e. The van der Waals surface area contributed by atoms with E-state index >= 15 is 0 Å². The number of nitrogen functional groups attached to an aromatic ring is 1. The molecule has 0 radical (unpaired) electrons. The van der Waals surface area contributed by atoms with Crippen LogP contribution in [0.1, 0.15) is 16.8 Å². The van der Waals surface area contributed by atoms with Gasteiger partial charge in [-0.1, -0.05) is 24.3 Å². The molecule has 2 heterocycles. The minimum Gasteiger partial charge on any atom is -0.398 e. The number of carbonyl (C=O) groups excluding carboxylic acids is 1. The maximum absolute atomic E-state index is 13.0. The molecule has 2 aliphatic heterocycles. The lowest BCUT2D eigenvalue weighted by atomic mass is 10.0. The monoisotopic (exact) mass is 339 g/mol. The first-order chi connectivity index (χ1) is 12.2. The highest BCUT2D eigenvalue weighted by molar-refractivity contribution is 6.04. The Morgan fingerprint density at radius 1 is 1.12 bits per heavy atom. The third-order valence-corrected chi connectivity index (χ3v) is 5.34. The van der Waals surface area contributed by atoms with Gasteiger partial charge < -0.3 is 15.4 Å². The summed E-state index contributed by atoms with van der Waals surface area (Å²) in [6.45, 7) is 6.35. The molecule has 2 aromatic rings. The number of rotatable bonds is 3. The second-order valence-corrected chi connectivity index (χ2v) is 7.11. The van der Waals surface area contributed by atoms with Crippen molar-refractivity contribution < 1.29 is 9.53 Å². The average Bonchev–Trinajstić information content (AvgIpc) is 3.10. The number of likely N-dealkylation sites (tertiary alicyclic amines) is 1. The minimum atomic E-state index is 0.0627. The fraction of sp³-hybridized carbons (Fsp3) is 0.450. The van der Waals surface area contributed by atoms with Crippen LogP contribution in [-0.4, -0.2) is 61.6 Å². The quantitative estimate of drug-likeness (QED) is 0.871. The summed E-state index contributed by atoms with van der Waals surface area (Å²) in [4.78, 5) is 17.4. The lowest BCUT2D eigenvalue weighted by molar-refractivity contribution is 0.0310. The molecule has 2 fully saturated rings. The fourth-order valence-corrected chi connectivity index (χ4v) is 3.93. The Morgan fingerprint density at radius 2 is 1.84 bits per heavy atom.